The predicted molar refractivity (Wildman–Crippen MR) is 68.3 cm³/mol. The molecule has 2 amide bonds. The molecule has 1 aliphatic heterocycles. The zero-order chi connectivity index (χ0) is 13.0. The van der Waals surface area contributed by atoms with E-state index in [0.29, 0.717) is 23.7 Å². The lowest BCUT2D eigenvalue weighted by atomic mass is 10.1. The first-order valence-electron chi connectivity index (χ1n) is 6.08. The fourth-order valence-electron chi connectivity index (χ4n) is 2.03. The van der Waals surface area contributed by atoms with E-state index >= 15 is 0 Å². The number of hydrogen-bond acceptors (Lipinski definition) is 3. The molecule has 0 radical (unpaired) electrons. The highest BCUT2D eigenvalue weighted by atomic mass is 16.2. The Bertz CT molecular complexity index is 436. The Morgan fingerprint density at radius 2 is 1.94 bits per heavy atom. The maximum Gasteiger partial charge on any atom is 0.251 e. The van der Waals surface area contributed by atoms with Crippen molar-refractivity contribution in [2.45, 2.75) is 18.9 Å². The predicted octanol–water partition coefficient (Wildman–Crippen LogP) is 0.267. The smallest absolute Gasteiger partial charge is 0.251 e. The lowest BCUT2D eigenvalue weighted by molar-refractivity contribution is 0.0947. The summed E-state index contributed by atoms with van der Waals surface area (Å²) in [6.07, 6.45) is 2.26. The van der Waals surface area contributed by atoms with E-state index in [1.54, 1.807) is 24.3 Å². The molecule has 4 N–H and O–H groups in total. The van der Waals surface area contributed by atoms with Crippen molar-refractivity contribution in [1.82, 2.24) is 10.6 Å². The van der Waals surface area contributed by atoms with Gasteiger partial charge in [-0.1, -0.05) is 0 Å². The third-order valence-electron chi connectivity index (χ3n) is 3.10. The highest BCUT2D eigenvalue weighted by Gasteiger charge is 2.15. The third kappa shape index (κ3) is 3.07. The van der Waals surface area contributed by atoms with Crippen LogP contribution >= 0.6 is 0 Å². The summed E-state index contributed by atoms with van der Waals surface area (Å²) in [5, 5.41) is 6.18. The molecule has 1 unspecified atom stereocenters. The minimum atomic E-state index is -0.489. The molecule has 1 fully saturated rings. The van der Waals surface area contributed by atoms with Gasteiger partial charge in [0.15, 0.2) is 0 Å². The van der Waals surface area contributed by atoms with E-state index in [1.807, 2.05) is 0 Å². The van der Waals surface area contributed by atoms with Gasteiger partial charge in [0, 0.05) is 23.7 Å². The topological polar surface area (TPSA) is 84.2 Å². The first kappa shape index (κ1) is 12.6. The summed E-state index contributed by atoms with van der Waals surface area (Å²) in [5.41, 5.74) is 6.08. The Kier molecular flexibility index (Phi) is 3.94. The van der Waals surface area contributed by atoms with Crippen molar-refractivity contribution < 1.29 is 9.59 Å². The van der Waals surface area contributed by atoms with Gasteiger partial charge in [0.2, 0.25) is 5.91 Å². The quantitative estimate of drug-likeness (QED) is 0.714. The van der Waals surface area contributed by atoms with Gasteiger partial charge in [-0.2, -0.15) is 0 Å². The van der Waals surface area contributed by atoms with Gasteiger partial charge >= 0.3 is 0 Å². The number of carbonyl (C=O) groups excluding carboxylic acids is 2. The molecule has 5 nitrogen and oxygen atoms in total. The van der Waals surface area contributed by atoms with E-state index in [2.05, 4.69) is 10.6 Å². The molecule has 2 rings (SSSR count). The average Bonchev–Trinajstić information content (AvgIpc) is 2.89. The normalized spacial score (nSPS) is 18.6. The van der Waals surface area contributed by atoms with Gasteiger partial charge in [-0.3, -0.25) is 9.59 Å². The van der Waals surface area contributed by atoms with E-state index in [-0.39, 0.29) is 5.91 Å². The Hall–Kier alpha value is -1.88. The van der Waals surface area contributed by atoms with Crippen LogP contribution < -0.4 is 16.4 Å². The maximum atomic E-state index is 11.8. The van der Waals surface area contributed by atoms with Crippen molar-refractivity contribution in [2.75, 3.05) is 13.1 Å². The summed E-state index contributed by atoms with van der Waals surface area (Å²) in [4.78, 5) is 22.7. The number of hydrogen-bond donors (Lipinski definition) is 3. The van der Waals surface area contributed by atoms with Crippen LogP contribution in [0.3, 0.4) is 0 Å². The SMILES string of the molecule is NC(=O)c1ccc(C(=O)NCC2CCCN2)cc1. The molecule has 0 aliphatic carbocycles. The number of amides is 2. The average molecular weight is 247 g/mol. The van der Waals surface area contributed by atoms with Gasteiger partial charge in [0.1, 0.15) is 0 Å². The number of rotatable bonds is 4. The van der Waals surface area contributed by atoms with Gasteiger partial charge in [0.25, 0.3) is 5.91 Å². The summed E-state index contributed by atoms with van der Waals surface area (Å²) in [7, 11) is 0. The van der Waals surface area contributed by atoms with E-state index in [0.717, 1.165) is 19.4 Å². The zero-order valence-corrected chi connectivity index (χ0v) is 10.1. The standard InChI is InChI=1S/C13H17N3O2/c14-12(17)9-3-5-10(6-4-9)13(18)16-8-11-2-1-7-15-11/h3-6,11,15H,1-2,7-8H2,(H2,14,17)(H,16,18). The van der Waals surface area contributed by atoms with E-state index in [9.17, 15) is 9.59 Å². The molecule has 1 aromatic carbocycles. The largest absolute Gasteiger partial charge is 0.366 e. The fraction of sp³-hybridized carbons (Fsp3) is 0.385. The van der Waals surface area contributed by atoms with Gasteiger partial charge in [0.05, 0.1) is 0 Å². The fourth-order valence-corrected chi connectivity index (χ4v) is 2.03. The second-order valence-electron chi connectivity index (χ2n) is 4.44. The Morgan fingerprint density at radius 3 is 2.50 bits per heavy atom. The van der Waals surface area contributed by atoms with E-state index in [1.165, 1.54) is 0 Å². The first-order valence-corrected chi connectivity index (χ1v) is 6.08. The number of nitrogens with one attached hydrogen (secondary N) is 2. The molecule has 1 atom stereocenters. The maximum absolute atomic E-state index is 11.8. The Balaban J connectivity index is 1.89. The van der Waals surface area contributed by atoms with Crippen molar-refractivity contribution in [3.05, 3.63) is 35.4 Å². The van der Waals surface area contributed by atoms with E-state index in [4.69, 9.17) is 5.73 Å². The van der Waals surface area contributed by atoms with Crippen molar-refractivity contribution in [3.63, 3.8) is 0 Å². The summed E-state index contributed by atoms with van der Waals surface area (Å²) in [6, 6.07) is 6.71. The van der Waals surface area contributed by atoms with Crippen molar-refractivity contribution >= 4 is 11.8 Å². The molecular formula is C13H17N3O2. The van der Waals surface area contributed by atoms with Crippen molar-refractivity contribution in [1.29, 1.82) is 0 Å². The first-order chi connectivity index (χ1) is 8.66. The van der Waals surface area contributed by atoms with Crippen molar-refractivity contribution in [2.24, 2.45) is 5.73 Å². The van der Waals surface area contributed by atoms with Crippen LogP contribution in [0.1, 0.15) is 33.6 Å². The minimum absolute atomic E-state index is 0.125. The molecule has 5 heteroatoms. The van der Waals surface area contributed by atoms with Crippen LogP contribution in [0.15, 0.2) is 24.3 Å². The van der Waals surface area contributed by atoms with Gasteiger partial charge in [-0.15, -0.1) is 0 Å². The van der Waals surface area contributed by atoms with Gasteiger partial charge in [-0.25, -0.2) is 0 Å². The molecular weight excluding hydrogens is 230 g/mol. The highest BCUT2D eigenvalue weighted by Crippen LogP contribution is 2.06. The molecule has 0 aromatic heterocycles. The van der Waals surface area contributed by atoms with Crippen LogP contribution in [-0.2, 0) is 0 Å². The van der Waals surface area contributed by atoms with Crippen LogP contribution in [0.5, 0.6) is 0 Å². The molecule has 0 bridgehead atoms. The van der Waals surface area contributed by atoms with Crippen LogP contribution in [0.4, 0.5) is 0 Å². The lowest BCUT2D eigenvalue weighted by Gasteiger charge is -2.11. The second kappa shape index (κ2) is 5.64. The van der Waals surface area contributed by atoms with Crippen molar-refractivity contribution in [3.8, 4) is 0 Å². The number of primary amides is 1. The molecule has 0 saturated carbocycles. The molecule has 1 heterocycles. The number of carbonyl (C=O) groups is 2. The monoisotopic (exact) mass is 247 g/mol. The molecule has 18 heavy (non-hydrogen) atoms. The Morgan fingerprint density at radius 1 is 1.28 bits per heavy atom. The highest BCUT2D eigenvalue weighted by molar-refractivity contribution is 5.97. The van der Waals surface area contributed by atoms with Gasteiger partial charge < -0.3 is 16.4 Å². The lowest BCUT2D eigenvalue weighted by Crippen LogP contribution is -2.37. The molecule has 96 valence electrons. The molecule has 0 spiro atoms. The number of benzene rings is 1. The minimum Gasteiger partial charge on any atom is -0.366 e. The van der Waals surface area contributed by atoms with E-state index < -0.39 is 5.91 Å². The third-order valence-corrected chi connectivity index (χ3v) is 3.10. The summed E-state index contributed by atoms with van der Waals surface area (Å²) in [5.74, 6) is -0.614. The summed E-state index contributed by atoms with van der Waals surface area (Å²) in [6.45, 7) is 1.66. The molecule has 1 saturated heterocycles. The summed E-state index contributed by atoms with van der Waals surface area (Å²) < 4.78 is 0. The van der Waals surface area contributed by atoms with Crippen LogP contribution in [0.25, 0.3) is 0 Å². The summed E-state index contributed by atoms with van der Waals surface area (Å²) >= 11 is 0. The Labute approximate surface area is 106 Å². The zero-order valence-electron chi connectivity index (χ0n) is 10.1. The van der Waals surface area contributed by atoms with Crippen LogP contribution in [0, 0.1) is 0 Å². The van der Waals surface area contributed by atoms with Gasteiger partial charge in [-0.05, 0) is 43.7 Å². The molecule has 1 aromatic rings. The second-order valence-corrected chi connectivity index (χ2v) is 4.44. The molecule has 1 aliphatic rings. The van der Waals surface area contributed by atoms with Crippen LogP contribution in [-0.4, -0.2) is 30.9 Å². The number of nitrogens with two attached hydrogens (primary N) is 1. The van der Waals surface area contributed by atoms with Crippen LogP contribution in [0.2, 0.25) is 0 Å².